The molecule has 0 unspecified atom stereocenters. The van der Waals surface area contributed by atoms with E-state index < -0.39 is 0 Å². The van der Waals surface area contributed by atoms with Gasteiger partial charge in [0.1, 0.15) is 18.1 Å². The fourth-order valence-corrected chi connectivity index (χ4v) is 2.90. The molecular weight excluding hydrogens is 378 g/mol. The Hall–Kier alpha value is -3.31. The molecule has 3 aromatic carbocycles. The third kappa shape index (κ3) is 6.64. The number of hydrogen-bond donors (Lipinski definition) is 1. The molecule has 30 heavy (non-hydrogen) atoms. The lowest BCUT2D eigenvalue weighted by Gasteiger charge is -2.12. The lowest BCUT2D eigenvalue weighted by Crippen LogP contribution is -2.15. The van der Waals surface area contributed by atoms with Crippen LogP contribution < -0.4 is 14.8 Å². The topological polar surface area (TPSA) is 56.8 Å². The van der Waals surface area contributed by atoms with Gasteiger partial charge in [0, 0.05) is 18.7 Å². The first-order valence-electron chi connectivity index (χ1n) is 10.1. The van der Waals surface area contributed by atoms with E-state index in [0.717, 1.165) is 12.2 Å². The molecule has 0 saturated carbocycles. The van der Waals surface area contributed by atoms with Crippen molar-refractivity contribution in [2.45, 2.75) is 13.3 Å². The average molecular weight is 405 g/mol. The third-order valence-electron chi connectivity index (χ3n) is 4.44. The van der Waals surface area contributed by atoms with Crippen LogP contribution in [0.3, 0.4) is 0 Å². The second kappa shape index (κ2) is 11.6. The van der Waals surface area contributed by atoms with Gasteiger partial charge >= 0.3 is 0 Å². The van der Waals surface area contributed by atoms with Crippen molar-refractivity contribution in [1.29, 1.82) is 0 Å². The summed E-state index contributed by atoms with van der Waals surface area (Å²) < 4.78 is 16.8. The summed E-state index contributed by atoms with van der Waals surface area (Å²) in [6.07, 6.45) is 0.847. The first kappa shape index (κ1) is 21.4. The number of anilines is 1. The Balaban J connectivity index is 1.52. The number of carbonyl (C=O) groups excluding carboxylic acids is 1. The Morgan fingerprint density at radius 3 is 2.30 bits per heavy atom. The third-order valence-corrected chi connectivity index (χ3v) is 4.44. The van der Waals surface area contributed by atoms with Crippen LogP contribution in [0, 0.1) is 0 Å². The van der Waals surface area contributed by atoms with Gasteiger partial charge in [-0.2, -0.15) is 0 Å². The van der Waals surface area contributed by atoms with Gasteiger partial charge in [-0.05, 0) is 48.9 Å². The van der Waals surface area contributed by atoms with E-state index in [4.69, 9.17) is 14.2 Å². The fraction of sp³-hybridized carbons (Fsp3) is 0.240. The average Bonchev–Trinajstić information content (AvgIpc) is 2.79. The smallest absolute Gasteiger partial charge is 0.259 e. The number of benzene rings is 3. The van der Waals surface area contributed by atoms with E-state index in [1.54, 1.807) is 12.1 Å². The summed E-state index contributed by atoms with van der Waals surface area (Å²) in [5.74, 6) is 1.08. The highest BCUT2D eigenvalue weighted by molar-refractivity contribution is 6.06. The number of carbonyl (C=O) groups is 1. The minimum absolute atomic E-state index is 0.222. The quantitative estimate of drug-likeness (QED) is 0.457. The van der Waals surface area contributed by atoms with E-state index in [-0.39, 0.29) is 5.91 Å². The predicted molar refractivity (Wildman–Crippen MR) is 118 cm³/mol. The number of nitrogens with one attached hydrogen (secondary N) is 1. The predicted octanol–water partition coefficient (Wildman–Crippen LogP) is 4.98. The fourth-order valence-electron chi connectivity index (χ4n) is 2.90. The minimum atomic E-state index is -0.222. The highest BCUT2D eigenvalue weighted by atomic mass is 16.5. The molecule has 5 nitrogen and oxygen atoms in total. The van der Waals surface area contributed by atoms with Crippen LogP contribution >= 0.6 is 0 Å². The van der Waals surface area contributed by atoms with Crippen molar-refractivity contribution in [3.05, 3.63) is 90.0 Å². The summed E-state index contributed by atoms with van der Waals surface area (Å²) in [7, 11) is 0. The second-order valence-corrected chi connectivity index (χ2v) is 6.60. The van der Waals surface area contributed by atoms with Gasteiger partial charge in [0.05, 0.1) is 18.8 Å². The summed E-state index contributed by atoms with van der Waals surface area (Å²) in [5.41, 5.74) is 2.42. The van der Waals surface area contributed by atoms with Crippen LogP contribution in [0.5, 0.6) is 11.5 Å². The van der Waals surface area contributed by atoms with Gasteiger partial charge in [-0.3, -0.25) is 4.79 Å². The molecule has 0 aliphatic rings. The number of ether oxygens (including phenoxy) is 3. The first-order valence-corrected chi connectivity index (χ1v) is 10.1. The highest BCUT2D eigenvalue weighted by Gasteiger charge is 2.12. The minimum Gasteiger partial charge on any atom is -0.493 e. The zero-order chi connectivity index (χ0) is 21.0. The van der Waals surface area contributed by atoms with E-state index in [2.05, 4.69) is 17.4 Å². The maximum absolute atomic E-state index is 12.7. The van der Waals surface area contributed by atoms with E-state index in [1.165, 1.54) is 5.56 Å². The SMILES string of the molecule is CCOCCOc1ccccc1C(=O)Nc1ccc(OCCc2ccccc2)cc1. The largest absolute Gasteiger partial charge is 0.493 e. The molecule has 0 radical (unpaired) electrons. The summed E-state index contributed by atoms with van der Waals surface area (Å²) in [4.78, 5) is 12.7. The van der Waals surface area contributed by atoms with Crippen molar-refractivity contribution in [2.75, 3.05) is 31.7 Å². The molecule has 5 heteroatoms. The Morgan fingerprint density at radius 1 is 0.800 bits per heavy atom. The van der Waals surface area contributed by atoms with Crippen LogP contribution in [0.25, 0.3) is 0 Å². The van der Waals surface area contributed by atoms with Crippen LogP contribution in [-0.2, 0) is 11.2 Å². The van der Waals surface area contributed by atoms with Crippen molar-refractivity contribution in [3.63, 3.8) is 0 Å². The number of para-hydroxylation sites is 1. The molecule has 0 aliphatic carbocycles. The lowest BCUT2D eigenvalue weighted by molar-refractivity contribution is 0.0998. The molecule has 0 atom stereocenters. The number of hydrogen-bond acceptors (Lipinski definition) is 4. The molecule has 0 spiro atoms. The van der Waals surface area contributed by atoms with Gasteiger partial charge in [0.2, 0.25) is 0 Å². The van der Waals surface area contributed by atoms with Crippen molar-refractivity contribution in [3.8, 4) is 11.5 Å². The Bertz CT molecular complexity index is 910. The molecule has 0 fully saturated rings. The van der Waals surface area contributed by atoms with Gasteiger partial charge in [-0.1, -0.05) is 42.5 Å². The van der Waals surface area contributed by atoms with Gasteiger partial charge < -0.3 is 19.5 Å². The maximum Gasteiger partial charge on any atom is 0.259 e. The van der Waals surface area contributed by atoms with Crippen LogP contribution in [0.2, 0.25) is 0 Å². The van der Waals surface area contributed by atoms with Crippen LogP contribution in [0.15, 0.2) is 78.9 Å². The standard InChI is InChI=1S/C25H27NO4/c1-2-28-18-19-30-24-11-7-6-10-23(24)25(27)26-21-12-14-22(15-13-21)29-17-16-20-8-4-3-5-9-20/h3-15H,2,16-19H2,1H3,(H,26,27). The maximum atomic E-state index is 12.7. The molecule has 0 aromatic heterocycles. The lowest BCUT2D eigenvalue weighted by atomic mass is 10.1. The molecule has 3 rings (SSSR count). The Labute approximate surface area is 177 Å². The molecule has 0 aliphatic heterocycles. The normalized spacial score (nSPS) is 10.4. The molecule has 0 bridgehead atoms. The van der Waals surface area contributed by atoms with E-state index >= 15 is 0 Å². The zero-order valence-corrected chi connectivity index (χ0v) is 17.2. The van der Waals surface area contributed by atoms with E-state index in [1.807, 2.05) is 61.5 Å². The molecule has 0 saturated heterocycles. The highest BCUT2D eigenvalue weighted by Crippen LogP contribution is 2.21. The van der Waals surface area contributed by atoms with E-state index in [9.17, 15) is 4.79 Å². The van der Waals surface area contributed by atoms with Gasteiger partial charge in [-0.25, -0.2) is 0 Å². The van der Waals surface area contributed by atoms with E-state index in [0.29, 0.717) is 43.4 Å². The summed E-state index contributed by atoms with van der Waals surface area (Å²) >= 11 is 0. The zero-order valence-electron chi connectivity index (χ0n) is 17.2. The summed E-state index contributed by atoms with van der Waals surface area (Å²) in [6.45, 7) is 4.05. The van der Waals surface area contributed by atoms with Crippen molar-refractivity contribution in [2.24, 2.45) is 0 Å². The number of amides is 1. The van der Waals surface area contributed by atoms with Crippen molar-refractivity contribution < 1.29 is 19.0 Å². The molecule has 1 N–H and O–H groups in total. The summed E-state index contributed by atoms with van der Waals surface area (Å²) in [6, 6.07) is 24.8. The van der Waals surface area contributed by atoms with Gasteiger partial charge in [-0.15, -0.1) is 0 Å². The van der Waals surface area contributed by atoms with Crippen molar-refractivity contribution in [1.82, 2.24) is 0 Å². The Morgan fingerprint density at radius 2 is 1.53 bits per heavy atom. The van der Waals surface area contributed by atoms with Crippen LogP contribution in [0.4, 0.5) is 5.69 Å². The van der Waals surface area contributed by atoms with Gasteiger partial charge in [0.15, 0.2) is 0 Å². The van der Waals surface area contributed by atoms with Gasteiger partial charge in [0.25, 0.3) is 5.91 Å². The first-order chi connectivity index (χ1) is 14.8. The molecular formula is C25H27NO4. The molecule has 1 amide bonds. The molecule has 3 aromatic rings. The molecule has 156 valence electrons. The monoisotopic (exact) mass is 405 g/mol. The number of rotatable bonds is 11. The Kier molecular flexibility index (Phi) is 8.30. The second-order valence-electron chi connectivity index (χ2n) is 6.60. The molecule has 0 heterocycles. The van der Waals surface area contributed by atoms with Crippen LogP contribution in [0.1, 0.15) is 22.8 Å². The summed E-state index contributed by atoms with van der Waals surface area (Å²) in [5, 5.41) is 2.90. The van der Waals surface area contributed by atoms with Crippen molar-refractivity contribution >= 4 is 11.6 Å². The van der Waals surface area contributed by atoms with Crippen LogP contribution in [-0.4, -0.2) is 32.3 Å².